The van der Waals surface area contributed by atoms with Crippen molar-refractivity contribution < 1.29 is 18.1 Å². The summed E-state index contributed by atoms with van der Waals surface area (Å²) in [5.74, 6) is 0.624. The lowest BCUT2D eigenvalue weighted by molar-refractivity contribution is -0.385. The molecule has 3 aromatic carbocycles. The zero-order chi connectivity index (χ0) is 22.4. The molecule has 10 heteroatoms. The van der Waals surface area contributed by atoms with Gasteiger partial charge in [-0.3, -0.25) is 10.1 Å². The van der Waals surface area contributed by atoms with Crippen LogP contribution in [0.3, 0.4) is 0 Å². The number of halogens is 1. The van der Waals surface area contributed by atoms with Gasteiger partial charge in [0.05, 0.1) is 16.0 Å². The Morgan fingerprint density at radius 3 is 2.48 bits per heavy atom. The molecule has 3 aromatic rings. The monoisotopic (exact) mass is 459 g/mol. The first kappa shape index (κ1) is 22.3. The summed E-state index contributed by atoms with van der Waals surface area (Å²) in [7, 11) is -3.95. The van der Waals surface area contributed by atoms with Crippen molar-refractivity contribution in [2.45, 2.75) is 18.4 Å². The van der Waals surface area contributed by atoms with E-state index >= 15 is 0 Å². The minimum Gasteiger partial charge on any atom is -0.489 e. The second-order valence-corrected chi connectivity index (χ2v) is 8.58. The summed E-state index contributed by atoms with van der Waals surface area (Å²) in [5, 5.41) is 15.2. The highest BCUT2D eigenvalue weighted by Crippen LogP contribution is 2.21. The first-order chi connectivity index (χ1) is 14.8. The molecule has 160 valence electrons. The summed E-state index contributed by atoms with van der Waals surface area (Å²) in [6.45, 7) is 1.79. The van der Waals surface area contributed by atoms with E-state index in [1.807, 2.05) is 18.2 Å². The zero-order valence-electron chi connectivity index (χ0n) is 16.4. The first-order valence-corrected chi connectivity index (χ1v) is 10.9. The van der Waals surface area contributed by atoms with Crippen molar-refractivity contribution in [1.82, 2.24) is 4.83 Å². The Morgan fingerprint density at radius 2 is 1.84 bits per heavy atom. The number of aryl methyl sites for hydroxylation is 1. The van der Waals surface area contributed by atoms with Gasteiger partial charge in [0.15, 0.2) is 0 Å². The number of rotatable bonds is 8. The summed E-state index contributed by atoms with van der Waals surface area (Å²) in [5.41, 5.74) is 1.60. The van der Waals surface area contributed by atoms with Crippen LogP contribution >= 0.6 is 11.6 Å². The summed E-state index contributed by atoms with van der Waals surface area (Å²) >= 11 is 6.10. The second kappa shape index (κ2) is 9.59. The van der Waals surface area contributed by atoms with E-state index in [1.54, 1.807) is 30.3 Å². The van der Waals surface area contributed by atoms with Crippen LogP contribution in [0.4, 0.5) is 5.69 Å². The molecule has 0 bridgehead atoms. The number of hydrogen-bond acceptors (Lipinski definition) is 6. The highest BCUT2D eigenvalue weighted by molar-refractivity contribution is 7.89. The topological polar surface area (TPSA) is 111 Å². The molecule has 0 spiro atoms. The minimum atomic E-state index is -3.95. The number of ether oxygens (including phenoxy) is 1. The Labute approximate surface area is 184 Å². The van der Waals surface area contributed by atoms with Crippen LogP contribution in [-0.4, -0.2) is 19.6 Å². The smallest absolute Gasteiger partial charge is 0.276 e. The number of benzene rings is 3. The predicted molar refractivity (Wildman–Crippen MR) is 118 cm³/mol. The molecule has 0 fully saturated rings. The molecule has 31 heavy (non-hydrogen) atoms. The molecule has 8 nitrogen and oxygen atoms in total. The van der Waals surface area contributed by atoms with Crippen LogP contribution in [0.25, 0.3) is 0 Å². The molecule has 0 unspecified atom stereocenters. The molecule has 0 atom stereocenters. The SMILES string of the molecule is Cc1cc(S(=O)(=O)NN=Cc2ccc(OCc3ccccc3Cl)cc2)ccc1[N+](=O)[O-]. The summed E-state index contributed by atoms with van der Waals surface area (Å²) in [6.07, 6.45) is 1.34. The van der Waals surface area contributed by atoms with Crippen molar-refractivity contribution in [3.8, 4) is 5.75 Å². The highest BCUT2D eigenvalue weighted by Gasteiger charge is 2.17. The molecule has 0 aromatic heterocycles. The van der Waals surface area contributed by atoms with E-state index in [4.69, 9.17) is 16.3 Å². The van der Waals surface area contributed by atoms with Crippen molar-refractivity contribution in [3.63, 3.8) is 0 Å². The van der Waals surface area contributed by atoms with Crippen molar-refractivity contribution in [3.05, 3.63) is 98.6 Å². The molecule has 0 saturated heterocycles. The Bertz CT molecular complexity index is 1230. The van der Waals surface area contributed by atoms with Crippen LogP contribution in [0, 0.1) is 17.0 Å². The molecule has 0 amide bonds. The minimum absolute atomic E-state index is 0.115. The number of hydrogen-bond donors (Lipinski definition) is 1. The third-order valence-electron chi connectivity index (χ3n) is 4.29. The number of nitrogens with one attached hydrogen (secondary N) is 1. The number of nitro groups is 1. The van der Waals surface area contributed by atoms with Gasteiger partial charge >= 0.3 is 0 Å². The number of hydrazone groups is 1. The maximum atomic E-state index is 12.3. The van der Waals surface area contributed by atoms with Gasteiger partial charge < -0.3 is 4.74 Å². The molecule has 0 saturated carbocycles. The van der Waals surface area contributed by atoms with Gasteiger partial charge in [-0.2, -0.15) is 13.5 Å². The third-order valence-corrected chi connectivity index (χ3v) is 5.88. The lowest BCUT2D eigenvalue weighted by atomic mass is 10.2. The normalized spacial score (nSPS) is 11.4. The van der Waals surface area contributed by atoms with E-state index in [2.05, 4.69) is 9.93 Å². The quantitative estimate of drug-likeness (QED) is 0.304. The van der Waals surface area contributed by atoms with Gasteiger partial charge in [0, 0.05) is 22.2 Å². The molecule has 1 N–H and O–H groups in total. The van der Waals surface area contributed by atoms with Crippen molar-refractivity contribution in [2.24, 2.45) is 5.10 Å². The van der Waals surface area contributed by atoms with E-state index in [0.717, 1.165) is 17.7 Å². The van der Waals surface area contributed by atoms with E-state index in [-0.39, 0.29) is 16.1 Å². The molecule has 0 aliphatic carbocycles. The molecular weight excluding hydrogens is 442 g/mol. The van der Waals surface area contributed by atoms with Crippen LogP contribution in [0.1, 0.15) is 16.7 Å². The maximum absolute atomic E-state index is 12.3. The van der Waals surface area contributed by atoms with Gasteiger partial charge in [0.25, 0.3) is 15.7 Å². The van der Waals surface area contributed by atoms with Gasteiger partial charge in [0.1, 0.15) is 12.4 Å². The van der Waals surface area contributed by atoms with Crippen LogP contribution in [-0.2, 0) is 16.6 Å². The molecular formula is C21H18ClN3O5S. The summed E-state index contributed by atoms with van der Waals surface area (Å²) < 4.78 is 30.4. The van der Waals surface area contributed by atoms with E-state index in [9.17, 15) is 18.5 Å². The predicted octanol–water partition coefficient (Wildman–Crippen LogP) is 4.45. The Kier molecular flexibility index (Phi) is 6.88. The fourth-order valence-corrected chi connectivity index (χ4v) is 3.72. The van der Waals surface area contributed by atoms with Crippen molar-refractivity contribution >= 4 is 33.5 Å². The lowest BCUT2D eigenvalue weighted by Crippen LogP contribution is -2.18. The molecule has 3 rings (SSSR count). The van der Waals surface area contributed by atoms with Crippen LogP contribution in [0.2, 0.25) is 5.02 Å². The van der Waals surface area contributed by atoms with Gasteiger partial charge in [-0.15, -0.1) is 0 Å². The van der Waals surface area contributed by atoms with Gasteiger partial charge in [-0.25, -0.2) is 4.83 Å². The van der Waals surface area contributed by atoms with Crippen molar-refractivity contribution in [1.29, 1.82) is 0 Å². The van der Waals surface area contributed by atoms with E-state index in [0.29, 0.717) is 22.9 Å². The van der Waals surface area contributed by atoms with Crippen LogP contribution in [0.15, 0.2) is 76.7 Å². The van der Waals surface area contributed by atoms with Gasteiger partial charge in [-0.1, -0.05) is 29.8 Å². The number of nitro benzene ring substituents is 1. The fourth-order valence-electron chi connectivity index (χ4n) is 2.65. The van der Waals surface area contributed by atoms with E-state index < -0.39 is 14.9 Å². The standard InChI is InChI=1S/C21H18ClN3O5S/c1-15-12-19(10-11-21(15)25(26)27)31(28,29)24-23-13-16-6-8-18(9-7-16)30-14-17-4-2-3-5-20(17)22/h2-13,24H,14H2,1H3. The van der Waals surface area contributed by atoms with Gasteiger partial charge in [-0.05, 0) is 55.0 Å². The highest BCUT2D eigenvalue weighted by atomic mass is 35.5. The number of nitrogens with zero attached hydrogens (tertiary/aromatic N) is 2. The van der Waals surface area contributed by atoms with Crippen molar-refractivity contribution in [2.75, 3.05) is 0 Å². The Hall–Kier alpha value is -3.43. The number of sulfonamides is 1. The van der Waals surface area contributed by atoms with Gasteiger partial charge in [0.2, 0.25) is 0 Å². The Balaban J connectivity index is 1.61. The zero-order valence-corrected chi connectivity index (χ0v) is 17.9. The lowest BCUT2D eigenvalue weighted by Gasteiger charge is -2.08. The Morgan fingerprint density at radius 1 is 1.13 bits per heavy atom. The van der Waals surface area contributed by atoms with Crippen LogP contribution < -0.4 is 9.57 Å². The molecule has 0 heterocycles. The first-order valence-electron chi connectivity index (χ1n) is 9.02. The maximum Gasteiger partial charge on any atom is 0.276 e. The van der Waals surface area contributed by atoms with E-state index in [1.165, 1.54) is 19.2 Å². The average molecular weight is 460 g/mol. The second-order valence-electron chi connectivity index (χ2n) is 6.51. The summed E-state index contributed by atoms with van der Waals surface area (Å²) in [6, 6.07) is 17.8. The average Bonchev–Trinajstić information content (AvgIpc) is 2.73. The molecule has 0 aliphatic heterocycles. The largest absolute Gasteiger partial charge is 0.489 e. The fraction of sp³-hybridized carbons (Fsp3) is 0.0952. The summed E-state index contributed by atoms with van der Waals surface area (Å²) in [4.78, 5) is 12.3. The third kappa shape index (κ3) is 5.80. The van der Waals surface area contributed by atoms with Crippen LogP contribution in [0.5, 0.6) is 5.75 Å². The molecule has 0 radical (unpaired) electrons. The molecule has 0 aliphatic rings.